The number of carbonyl (C=O) groups excluding carboxylic acids is 2. The molecule has 1 fully saturated rings. The SMILES string of the molecule is Cc1ccc(CN(C(=O)CSCc2ccccc2Cl)[C@H](C)C(=O)NC2CCCCC2)cc1. The molecule has 1 atom stereocenters. The number of hydrogen-bond acceptors (Lipinski definition) is 3. The third-order valence-corrected chi connectivity index (χ3v) is 7.37. The Hall–Kier alpha value is -1.98. The molecule has 0 radical (unpaired) electrons. The van der Waals surface area contributed by atoms with Crippen LogP contribution >= 0.6 is 23.4 Å². The fourth-order valence-electron chi connectivity index (χ4n) is 3.99. The monoisotopic (exact) mass is 472 g/mol. The van der Waals surface area contributed by atoms with E-state index >= 15 is 0 Å². The quantitative estimate of drug-likeness (QED) is 0.505. The molecule has 0 spiro atoms. The molecule has 0 saturated heterocycles. The van der Waals surface area contributed by atoms with Crippen LogP contribution in [0.15, 0.2) is 48.5 Å². The summed E-state index contributed by atoms with van der Waals surface area (Å²) >= 11 is 7.77. The van der Waals surface area contributed by atoms with Crippen molar-refractivity contribution in [3.8, 4) is 0 Å². The zero-order valence-corrected chi connectivity index (χ0v) is 20.6. The van der Waals surface area contributed by atoms with Crippen LogP contribution in [-0.2, 0) is 21.9 Å². The van der Waals surface area contributed by atoms with E-state index in [1.54, 1.807) is 4.90 Å². The maximum atomic E-state index is 13.2. The van der Waals surface area contributed by atoms with E-state index < -0.39 is 6.04 Å². The van der Waals surface area contributed by atoms with Crippen LogP contribution in [0.25, 0.3) is 0 Å². The van der Waals surface area contributed by atoms with Crippen LogP contribution < -0.4 is 5.32 Å². The second-order valence-electron chi connectivity index (χ2n) is 8.61. The Morgan fingerprint density at radius 2 is 1.78 bits per heavy atom. The molecule has 1 saturated carbocycles. The van der Waals surface area contributed by atoms with Gasteiger partial charge in [0.1, 0.15) is 6.04 Å². The van der Waals surface area contributed by atoms with E-state index in [1.807, 2.05) is 62.4 Å². The van der Waals surface area contributed by atoms with Crippen molar-refractivity contribution in [1.29, 1.82) is 0 Å². The van der Waals surface area contributed by atoms with Gasteiger partial charge in [0, 0.05) is 23.4 Å². The Balaban J connectivity index is 1.65. The van der Waals surface area contributed by atoms with Gasteiger partial charge in [-0.05, 0) is 43.9 Å². The molecule has 1 aliphatic carbocycles. The summed E-state index contributed by atoms with van der Waals surface area (Å²) in [5.41, 5.74) is 3.21. The van der Waals surface area contributed by atoms with E-state index in [0.717, 1.165) is 36.8 Å². The Bertz CT molecular complexity index is 897. The highest BCUT2D eigenvalue weighted by Gasteiger charge is 2.28. The number of amides is 2. The summed E-state index contributed by atoms with van der Waals surface area (Å²) in [4.78, 5) is 27.9. The molecule has 32 heavy (non-hydrogen) atoms. The molecule has 0 aromatic heterocycles. The van der Waals surface area contributed by atoms with Crippen molar-refractivity contribution in [2.45, 2.75) is 70.3 Å². The number of rotatable bonds is 9. The highest BCUT2D eigenvalue weighted by molar-refractivity contribution is 7.99. The summed E-state index contributed by atoms with van der Waals surface area (Å²) in [6.45, 7) is 4.30. The predicted molar refractivity (Wildman–Crippen MR) is 134 cm³/mol. The third kappa shape index (κ3) is 7.28. The lowest BCUT2D eigenvalue weighted by atomic mass is 9.95. The highest BCUT2D eigenvalue weighted by Crippen LogP contribution is 2.22. The zero-order valence-electron chi connectivity index (χ0n) is 19.0. The molecule has 0 unspecified atom stereocenters. The molecule has 0 aliphatic heterocycles. The van der Waals surface area contributed by atoms with Gasteiger partial charge in [0.25, 0.3) is 0 Å². The molecule has 0 bridgehead atoms. The van der Waals surface area contributed by atoms with Crippen molar-refractivity contribution < 1.29 is 9.59 Å². The van der Waals surface area contributed by atoms with Gasteiger partial charge in [0.05, 0.1) is 5.75 Å². The average molecular weight is 473 g/mol. The maximum absolute atomic E-state index is 13.2. The van der Waals surface area contributed by atoms with Gasteiger partial charge in [-0.2, -0.15) is 0 Å². The van der Waals surface area contributed by atoms with Crippen molar-refractivity contribution in [1.82, 2.24) is 10.2 Å². The fourth-order valence-corrected chi connectivity index (χ4v) is 5.18. The topological polar surface area (TPSA) is 49.4 Å². The number of hydrogen-bond donors (Lipinski definition) is 1. The second kappa shape index (κ2) is 12.3. The number of halogens is 1. The Morgan fingerprint density at radius 1 is 1.09 bits per heavy atom. The Kier molecular flexibility index (Phi) is 9.49. The van der Waals surface area contributed by atoms with Crippen LogP contribution in [0.3, 0.4) is 0 Å². The molecular formula is C26H33ClN2O2S. The fraction of sp³-hybridized carbons (Fsp3) is 0.462. The van der Waals surface area contributed by atoms with Crippen molar-refractivity contribution >= 4 is 35.2 Å². The van der Waals surface area contributed by atoms with E-state index in [0.29, 0.717) is 23.1 Å². The summed E-state index contributed by atoms with van der Waals surface area (Å²) in [6.07, 6.45) is 5.60. The van der Waals surface area contributed by atoms with Crippen LogP contribution in [0, 0.1) is 6.92 Å². The zero-order chi connectivity index (χ0) is 22.9. The minimum Gasteiger partial charge on any atom is -0.352 e. The van der Waals surface area contributed by atoms with Crippen molar-refractivity contribution in [2.75, 3.05) is 5.75 Å². The lowest BCUT2D eigenvalue weighted by molar-refractivity contribution is -0.139. The highest BCUT2D eigenvalue weighted by atomic mass is 35.5. The van der Waals surface area contributed by atoms with Crippen molar-refractivity contribution in [2.24, 2.45) is 0 Å². The van der Waals surface area contributed by atoms with Gasteiger partial charge in [0.2, 0.25) is 11.8 Å². The van der Waals surface area contributed by atoms with E-state index in [4.69, 9.17) is 11.6 Å². The molecule has 0 heterocycles. The molecule has 2 aromatic carbocycles. The largest absolute Gasteiger partial charge is 0.352 e. The molecule has 172 valence electrons. The standard InChI is InChI=1S/C26H33ClN2O2S/c1-19-12-14-21(15-13-19)16-29(20(2)26(31)28-23-9-4-3-5-10-23)25(30)18-32-17-22-8-6-7-11-24(22)27/h6-8,11-15,20,23H,3-5,9-10,16-18H2,1-2H3,(H,28,31)/t20-/m1/s1. The van der Waals surface area contributed by atoms with Gasteiger partial charge < -0.3 is 10.2 Å². The molecule has 1 aliphatic rings. The first-order valence-electron chi connectivity index (χ1n) is 11.4. The van der Waals surface area contributed by atoms with Crippen molar-refractivity contribution in [3.05, 3.63) is 70.2 Å². The normalized spacial score (nSPS) is 15.2. The second-order valence-corrected chi connectivity index (χ2v) is 10.0. The molecular weight excluding hydrogens is 440 g/mol. The van der Waals surface area contributed by atoms with Gasteiger partial charge >= 0.3 is 0 Å². The average Bonchev–Trinajstić information content (AvgIpc) is 2.80. The van der Waals surface area contributed by atoms with E-state index in [1.165, 1.54) is 23.7 Å². The maximum Gasteiger partial charge on any atom is 0.242 e. The summed E-state index contributed by atoms with van der Waals surface area (Å²) < 4.78 is 0. The minimum atomic E-state index is -0.522. The molecule has 2 amide bonds. The Morgan fingerprint density at radius 3 is 2.47 bits per heavy atom. The first kappa shape index (κ1) is 24.7. The summed E-state index contributed by atoms with van der Waals surface area (Å²) in [7, 11) is 0. The molecule has 1 N–H and O–H groups in total. The van der Waals surface area contributed by atoms with E-state index in [9.17, 15) is 9.59 Å². The third-order valence-electron chi connectivity index (χ3n) is 6.03. The van der Waals surface area contributed by atoms with Crippen LogP contribution in [0.5, 0.6) is 0 Å². The lowest BCUT2D eigenvalue weighted by Crippen LogP contribution is -2.50. The van der Waals surface area contributed by atoms with Gasteiger partial charge in [-0.15, -0.1) is 11.8 Å². The Labute approximate surface area is 201 Å². The molecule has 4 nitrogen and oxygen atoms in total. The summed E-state index contributed by atoms with van der Waals surface area (Å²) in [5, 5.41) is 3.89. The van der Waals surface area contributed by atoms with Gasteiger partial charge in [-0.3, -0.25) is 9.59 Å². The van der Waals surface area contributed by atoms with Crippen LogP contribution in [0.1, 0.15) is 55.7 Å². The number of nitrogens with zero attached hydrogens (tertiary/aromatic N) is 1. The predicted octanol–water partition coefficient (Wildman–Crippen LogP) is 5.75. The number of nitrogens with one attached hydrogen (secondary N) is 1. The lowest BCUT2D eigenvalue weighted by Gasteiger charge is -2.31. The molecule has 3 rings (SSSR count). The van der Waals surface area contributed by atoms with Gasteiger partial charge in [-0.1, -0.05) is 78.9 Å². The number of benzene rings is 2. The first-order valence-corrected chi connectivity index (χ1v) is 12.9. The first-order chi connectivity index (χ1) is 15.4. The minimum absolute atomic E-state index is 0.0334. The van der Waals surface area contributed by atoms with Gasteiger partial charge in [0.15, 0.2) is 0 Å². The smallest absolute Gasteiger partial charge is 0.242 e. The van der Waals surface area contributed by atoms with E-state index in [-0.39, 0.29) is 17.9 Å². The van der Waals surface area contributed by atoms with Crippen molar-refractivity contribution in [3.63, 3.8) is 0 Å². The number of aryl methyl sites for hydroxylation is 1. The van der Waals surface area contributed by atoms with Gasteiger partial charge in [-0.25, -0.2) is 0 Å². The molecule has 6 heteroatoms. The van der Waals surface area contributed by atoms with Crippen LogP contribution in [0.2, 0.25) is 5.02 Å². The summed E-state index contributed by atoms with van der Waals surface area (Å²) in [5.74, 6) is 0.868. The van der Waals surface area contributed by atoms with Crippen LogP contribution in [0.4, 0.5) is 0 Å². The number of thioether (sulfide) groups is 1. The summed E-state index contributed by atoms with van der Waals surface area (Å²) in [6, 6.07) is 15.5. The van der Waals surface area contributed by atoms with E-state index in [2.05, 4.69) is 5.32 Å². The molecule has 2 aromatic rings. The number of carbonyl (C=O) groups is 2. The van der Waals surface area contributed by atoms with Crippen LogP contribution in [-0.4, -0.2) is 34.6 Å².